The predicted octanol–water partition coefficient (Wildman–Crippen LogP) is 4.20. The molecule has 0 aliphatic heterocycles. The van der Waals surface area contributed by atoms with E-state index in [0.29, 0.717) is 0 Å². The maximum atomic E-state index is 14.7. The number of rotatable bonds is 8. The highest BCUT2D eigenvalue weighted by atomic mass is 19.3. The second kappa shape index (κ2) is 10.3. The van der Waals surface area contributed by atoms with E-state index in [1.807, 2.05) is 0 Å². The molecule has 38 heavy (non-hydrogen) atoms. The van der Waals surface area contributed by atoms with Crippen molar-refractivity contribution < 1.29 is 32.2 Å². The number of H-pyrrole nitrogens is 1. The van der Waals surface area contributed by atoms with Gasteiger partial charge in [-0.25, -0.2) is 22.1 Å². The van der Waals surface area contributed by atoms with Crippen LogP contribution in [0, 0.1) is 11.6 Å². The number of halogens is 4. The van der Waals surface area contributed by atoms with Gasteiger partial charge in [0.05, 0.1) is 12.7 Å². The van der Waals surface area contributed by atoms with Gasteiger partial charge in [0, 0.05) is 17.3 Å². The smallest absolute Gasteiger partial charge is 0.294 e. The third kappa shape index (κ3) is 4.99. The third-order valence-corrected chi connectivity index (χ3v) is 6.04. The number of aromatic nitrogens is 3. The SMILES string of the molecule is COc1ccc(-c2nn3cc(C(=O)N[C@@H](c4ccc(F)cc4)C(F)(F)CO)c(C(C)C)c3c(=O)[nH]2)cc1F. The van der Waals surface area contributed by atoms with E-state index in [9.17, 15) is 32.3 Å². The first kappa shape index (κ1) is 26.9. The van der Waals surface area contributed by atoms with Gasteiger partial charge in [-0.1, -0.05) is 26.0 Å². The van der Waals surface area contributed by atoms with E-state index in [1.165, 1.54) is 25.4 Å². The monoisotopic (exact) mass is 532 g/mol. The Kier molecular flexibility index (Phi) is 7.27. The highest BCUT2D eigenvalue weighted by Crippen LogP contribution is 2.33. The van der Waals surface area contributed by atoms with Gasteiger partial charge in [0.1, 0.15) is 24.0 Å². The summed E-state index contributed by atoms with van der Waals surface area (Å²) >= 11 is 0. The van der Waals surface area contributed by atoms with Gasteiger partial charge in [-0.2, -0.15) is 0 Å². The molecule has 0 saturated heterocycles. The Labute approximate surface area is 213 Å². The van der Waals surface area contributed by atoms with E-state index in [4.69, 9.17) is 4.74 Å². The van der Waals surface area contributed by atoms with Crippen LogP contribution in [0.3, 0.4) is 0 Å². The fourth-order valence-corrected chi connectivity index (χ4v) is 4.21. The van der Waals surface area contributed by atoms with E-state index in [1.54, 1.807) is 13.8 Å². The molecule has 12 heteroatoms. The second-order valence-corrected chi connectivity index (χ2v) is 8.93. The topological polar surface area (TPSA) is 109 Å². The molecule has 0 radical (unpaired) electrons. The summed E-state index contributed by atoms with van der Waals surface area (Å²) in [5.41, 5.74) is -0.383. The van der Waals surface area contributed by atoms with Crippen LogP contribution >= 0.6 is 0 Å². The molecule has 0 aliphatic rings. The highest BCUT2D eigenvalue weighted by molar-refractivity contribution is 5.98. The van der Waals surface area contributed by atoms with Gasteiger partial charge in [-0.3, -0.25) is 9.59 Å². The number of fused-ring (bicyclic) bond motifs is 1. The molecule has 2 heterocycles. The Bertz CT molecular complexity index is 1550. The fraction of sp³-hybridized carbons (Fsp3) is 0.269. The van der Waals surface area contributed by atoms with Crippen molar-refractivity contribution >= 4 is 11.4 Å². The Morgan fingerprint density at radius 3 is 2.45 bits per heavy atom. The first-order valence-electron chi connectivity index (χ1n) is 11.5. The lowest BCUT2D eigenvalue weighted by atomic mass is 9.97. The van der Waals surface area contributed by atoms with Crippen LogP contribution in [-0.4, -0.2) is 45.3 Å². The summed E-state index contributed by atoms with van der Waals surface area (Å²) in [5, 5.41) is 15.8. The average Bonchev–Trinajstić information content (AvgIpc) is 3.28. The normalized spacial score (nSPS) is 12.7. The summed E-state index contributed by atoms with van der Waals surface area (Å²) < 4.78 is 63.0. The van der Waals surface area contributed by atoms with Crippen LogP contribution < -0.4 is 15.6 Å². The first-order chi connectivity index (χ1) is 18.0. The molecule has 0 fully saturated rings. The van der Waals surface area contributed by atoms with E-state index in [0.717, 1.165) is 34.8 Å². The van der Waals surface area contributed by atoms with Gasteiger partial charge < -0.3 is 20.1 Å². The van der Waals surface area contributed by atoms with Crippen molar-refractivity contribution in [3.8, 4) is 17.1 Å². The molecule has 0 bridgehead atoms. The van der Waals surface area contributed by atoms with Crippen molar-refractivity contribution in [2.45, 2.75) is 31.7 Å². The van der Waals surface area contributed by atoms with Gasteiger partial charge >= 0.3 is 0 Å². The van der Waals surface area contributed by atoms with Gasteiger partial charge in [0.2, 0.25) is 0 Å². The number of aliphatic hydroxyl groups is 1. The largest absolute Gasteiger partial charge is 0.494 e. The van der Waals surface area contributed by atoms with Gasteiger partial charge in [-0.05, 0) is 41.8 Å². The van der Waals surface area contributed by atoms with Gasteiger partial charge in [0.15, 0.2) is 17.4 Å². The van der Waals surface area contributed by atoms with Crippen molar-refractivity contribution in [3.63, 3.8) is 0 Å². The number of aliphatic hydroxyl groups excluding tert-OH is 1. The number of aromatic amines is 1. The molecule has 2 aromatic carbocycles. The summed E-state index contributed by atoms with van der Waals surface area (Å²) in [6.45, 7) is 1.84. The van der Waals surface area contributed by atoms with Crippen molar-refractivity contribution in [3.05, 3.63) is 87.3 Å². The Hall–Kier alpha value is -4.19. The molecule has 4 rings (SSSR count). The number of nitrogens with zero attached hydrogens (tertiary/aromatic N) is 2. The van der Waals surface area contributed by atoms with Crippen LogP contribution in [0.15, 0.2) is 53.5 Å². The number of benzene rings is 2. The summed E-state index contributed by atoms with van der Waals surface area (Å²) in [5.74, 6) is -6.50. The molecule has 0 spiro atoms. The first-order valence-corrected chi connectivity index (χ1v) is 11.5. The summed E-state index contributed by atoms with van der Waals surface area (Å²) in [7, 11) is 1.31. The van der Waals surface area contributed by atoms with Crippen molar-refractivity contribution in [1.82, 2.24) is 19.9 Å². The number of hydrogen-bond donors (Lipinski definition) is 3. The highest BCUT2D eigenvalue weighted by Gasteiger charge is 2.41. The number of methoxy groups -OCH3 is 1. The molecule has 2 aromatic heterocycles. The quantitative estimate of drug-likeness (QED) is 0.295. The molecule has 1 amide bonds. The van der Waals surface area contributed by atoms with Crippen LogP contribution in [0.4, 0.5) is 17.6 Å². The lowest BCUT2D eigenvalue weighted by Crippen LogP contribution is -2.43. The molecule has 1 atom stereocenters. The maximum absolute atomic E-state index is 14.7. The molecule has 0 unspecified atom stereocenters. The molecular formula is C26H24F4N4O4. The lowest BCUT2D eigenvalue weighted by molar-refractivity contribution is -0.0785. The minimum absolute atomic E-state index is 0.00248. The number of carbonyl (C=O) groups is 1. The molecule has 3 N–H and O–H groups in total. The van der Waals surface area contributed by atoms with Crippen molar-refractivity contribution in [2.75, 3.05) is 13.7 Å². The molecular weight excluding hydrogens is 508 g/mol. The Morgan fingerprint density at radius 1 is 1.18 bits per heavy atom. The zero-order valence-corrected chi connectivity index (χ0v) is 20.6. The molecule has 0 aliphatic carbocycles. The number of alkyl halides is 2. The van der Waals surface area contributed by atoms with Gasteiger partial charge in [0.25, 0.3) is 17.4 Å². The minimum Gasteiger partial charge on any atom is -0.494 e. The zero-order chi connectivity index (χ0) is 27.8. The average molecular weight is 532 g/mol. The Balaban J connectivity index is 1.80. The third-order valence-electron chi connectivity index (χ3n) is 6.04. The van der Waals surface area contributed by atoms with Crippen LogP contribution in [-0.2, 0) is 0 Å². The Morgan fingerprint density at radius 2 is 1.87 bits per heavy atom. The van der Waals surface area contributed by atoms with Gasteiger partial charge in [-0.15, -0.1) is 5.10 Å². The number of ether oxygens (including phenoxy) is 1. The predicted molar refractivity (Wildman–Crippen MR) is 130 cm³/mol. The zero-order valence-electron chi connectivity index (χ0n) is 20.6. The number of hydrogen-bond acceptors (Lipinski definition) is 5. The number of carbonyl (C=O) groups excluding carboxylic acids is 1. The van der Waals surface area contributed by atoms with Crippen molar-refractivity contribution in [1.29, 1.82) is 0 Å². The standard InChI is InChI=1S/C26H24F4N4O4/c1-13(2)20-17(24(36)31-22(26(29,30)12-35)14-4-7-16(27)8-5-14)11-34-21(20)25(37)32-23(33-34)15-6-9-19(38-3)18(28)10-15/h4-11,13,22,35H,12H2,1-3H3,(H,31,36)(H,32,33,37)/t22-/m0/s1. The van der Waals surface area contributed by atoms with E-state index in [-0.39, 0.29) is 39.3 Å². The van der Waals surface area contributed by atoms with E-state index < -0.39 is 47.6 Å². The van der Waals surface area contributed by atoms with Crippen molar-refractivity contribution in [2.24, 2.45) is 0 Å². The number of amides is 1. The second-order valence-electron chi connectivity index (χ2n) is 8.93. The number of nitrogens with one attached hydrogen (secondary N) is 2. The van der Waals surface area contributed by atoms with Crippen LogP contribution in [0.1, 0.15) is 47.3 Å². The molecule has 200 valence electrons. The fourth-order valence-electron chi connectivity index (χ4n) is 4.21. The van der Waals surface area contributed by atoms with Crippen LogP contribution in [0.2, 0.25) is 0 Å². The van der Waals surface area contributed by atoms with Crippen LogP contribution in [0.5, 0.6) is 5.75 Å². The summed E-state index contributed by atoms with van der Waals surface area (Å²) in [6.07, 6.45) is 1.22. The van der Waals surface area contributed by atoms with E-state index in [2.05, 4.69) is 15.4 Å². The summed E-state index contributed by atoms with van der Waals surface area (Å²) in [4.78, 5) is 29.0. The molecule has 0 saturated carbocycles. The van der Waals surface area contributed by atoms with E-state index >= 15 is 0 Å². The molecule has 4 aromatic rings. The summed E-state index contributed by atoms with van der Waals surface area (Å²) in [6, 6.07) is 6.05. The lowest BCUT2D eigenvalue weighted by Gasteiger charge is -2.27. The molecule has 8 nitrogen and oxygen atoms in total. The van der Waals surface area contributed by atoms with Crippen LogP contribution in [0.25, 0.3) is 16.9 Å². The maximum Gasteiger partial charge on any atom is 0.294 e. The minimum atomic E-state index is -3.79.